The molecular formula is C25H24N2O4. The van der Waals surface area contributed by atoms with E-state index in [2.05, 4.69) is 0 Å². The Kier molecular flexibility index (Phi) is 5.89. The normalized spacial score (nSPS) is 15.4. The van der Waals surface area contributed by atoms with E-state index < -0.39 is 0 Å². The molecule has 0 aliphatic carbocycles. The highest BCUT2D eigenvalue weighted by Gasteiger charge is 2.34. The van der Waals surface area contributed by atoms with E-state index in [4.69, 9.17) is 19.3 Å². The number of ether oxygens (including phenoxy) is 3. The van der Waals surface area contributed by atoms with Crippen LogP contribution in [0.1, 0.15) is 33.9 Å². The zero-order valence-corrected chi connectivity index (χ0v) is 17.7. The first-order chi connectivity index (χ1) is 15.1. The van der Waals surface area contributed by atoms with Crippen LogP contribution in [0.15, 0.2) is 77.9 Å². The van der Waals surface area contributed by atoms with Gasteiger partial charge in [-0.05, 0) is 48.0 Å². The lowest BCUT2D eigenvalue weighted by Crippen LogP contribution is -2.27. The molecule has 6 heteroatoms. The number of hydrogen-bond donors (Lipinski definition) is 0. The Morgan fingerprint density at radius 3 is 2.23 bits per heavy atom. The van der Waals surface area contributed by atoms with E-state index in [9.17, 15) is 4.79 Å². The number of nitrogens with zero attached hydrogens (tertiary/aromatic N) is 2. The Balaban J connectivity index is 1.72. The predicted octanol–water partition coefficient (Wildman–Crippen LogP) is 4.70. The number of hydrogen-bond acceptors (Lipinski definition) is 5. The summed E-state index contributed by atoms with van der Waals surface area (Å²) in [6, 6.07) is 22.4. The van der Waals surface area contributed by atoms with Gasteiger partial charge in [0.15, 0.2) is 11.5 Å². The number of amides is 1. The van der Waals surface area contributed by atoms with Crippen LogP contribution in [0.5, 0.6) is 17.2 Å². The van der Waals surface area contributed by atoms with Crippen molar-refractivity contribution >= 4 is 11.6 Å². The highest BCUT2D eigenvalue weighted by Crippen LogP contribution is 2.36. The fourth-order valence-electron chi connectivity index (χ4n) is 3.69. The van der Waals surface area contributed by atoms with Gasteiger partial charge >= 0.3 is 0 Å². The number of carbonyl (C=O) groups is 1. The van der Waals surface area contributed by atoms with E-state index in [1.165, 1.54) is 0 Å². The molecule has 1 aliphatic heterocycles. The van der Waals surface area contributed by atoms with Crippen molar-refractivity contribution in [1.82, 2.24) is 5.01 Å². The van der Waals surface area contributed by atoms with Crippen molar-refractivity contribution < 1.29 is 19.0 Å². The first-order valence-corrected chi connectivity index (χ1v) is 9.97. The predicted molar refractivity (Wildman–Crippen MR) is 119 cm³/mol. The molecule has 0 radical (unpaired) electrons. The van der Waals surface area contributed by atoms with E-state index in [1.807, 2.05) is 60.7 Å². The molecule has 0 spiro atoms. The Morgan fingerprint density at radius 2 is 1.58 bits per heavy atom. The van der Waals surface area contributed by atoms with Crippen LogP contribution in [-0.4, -0.2) is 38.0 Å². The Morgan fingerprint density at radius 1 is 0.871 bits per heavy atom. The van der Waals surface area contributed by atoms with Gasteiger partial charge in [0.1, 0.15) is 5.75 Å². The summed E-state index contributed by atoms with van der Waals surface area (Å²) in [5, 5.41) is 6.31. The molecule has 0 saturated heterocycles. The van der Waals surface area contributed by atoms with Crippen molar-refractivity contribution in [2.24, 2.45) is 5.10 Å². The van der Waals surface area contributed by atoms with Crippen molar-refractivity contribution in [2.75, 3.05) is 21.3 Å². The van der Waals surface area contributed by atoms with Crippen LogP contribution < -0.4 is 14.2 Å². The standard InChI is InChI=1S/C25H24N2O4/c1-29-20-12-9-17(10-13-20)22-16-21(19-11-14-23(30-2)24(15-19)31-3)26-27(22)25(28)18-7-5-4-6-8-18/h4-15,22H,16H2,1-3H3/t22-/m0/s1. The largest absolute Gasteiger partial charge is 0.497 e. The van der Waals surface area contributed by atoms with E-state index in [1.54, 1.807) is 38.5 Å². The Bertz CT molecular complexity index is 1090. The van der Waals surface area contributed by atoms with Gasteiger partial charge in [-0.2, -0.15) is 5.10 Å². The zero-order chi connectivity index (χ0) is 21.8. The number of methoxy groups -OCH3 is 3. The number of benzene rings is 3. The summed E-state index contributed by atoms with van der Waals surface area (Å²) in [7, 11) is 4.84. The third kappa shape index (κ3) is 4.10. The molecule has 158 valence electrons. The third-order valence-electron chi connectivity index (χ3n) is 5.36. The maximum absolute atomic E-state index is 13.3. The van der Waals surface area contributed by atoms with Gasteiger partial charge in [0, 0.05) is 17.5 Å². The van der Waals surface area contributed by atoms with Gasteiger partial charge in [0.25, 0.3) is 5.91 Å². The van der Waals surface area contributed by atoms with E-state index in [0.29, 0.717) is 23.5 Å². The topological polar surface area (TPSA) is 60.4 Å². The van der Waals surface area contributed by atoms with E-state index in [0.717, 1.165) is 22.6 Å². The van der Waals surface area contributed by atoms with Crippen LogP contribution in [0.2, 0.25) is 0 Å². The van der Waals surface area contributed by atoms with Gasteiger partial charge in [-0.3, -0.25) is 4.79 Å². The highest BCUT2D eigenvalue weighted by atomic mass is 16.5. The first kappa shape index (κ1) is 20.5. The molecule has 6 nitrogen and oxygen atoms in total. The smallest absolute Gasteiger partial charge is 0.274 e. The minimum absolute atomic E-state index is 0.142. The number of hydrazone groups is 1. The van der Waals surface area contributed by atoms with Gasteiger partial charge in [0.2, 0.25) is 0 Å². The third-order valence-corrected chi connectivity index (χ3v) is 5.36. The zero-order valence-electron chi connectivity index (χ0n) is 17.7. The van der Waals surface area contributed by atoms with Crippen LogP contribution in [0, 0.1) is 0 Å². The summed E-state index contributed by atoms with van der Waals surface area (Å²) < 4.78 is 16.1. The van der Waals surface area contributed by atoms with Crippen LogP contribution in [0.4, 0.5) is 0 Å². The molecular weight excluding hydrogens is 392 g/mol. The molecule has 0 bridgehead atoms. The van der Waals surface area contributed by atoms with Crippen molar-refractivity contribution in [3.8, 4) is 17.2 Å². The molecule has 0 fully saturated rings. The average molecular weight is 416 g/mol. The van der Waals surface area contributed by atoms with E-state index in [-0.39, 0.29) is 11.9 Å². The molecule has 0 aromatic heterocycles. The molecule has 1 atom stereocenters. The van der Waals surface area contributed by atoms with E-state index >= 15 is 0 Å². The molecule has 31 heavy (non-hydrogen) atoms. The van der Waals surface area contributed by atoms with Crippen molar-refractivity contribution in [3.05, 3.63) is 89.5 Å². The van der Waals surface area contributed by atoms with Gasteiger partial charge in [-0.15, -0.1) is 0 Å². The Labute approximate surface area is 181 Å². The van der Waals surface area contributed by atoms with Crippen molar-refractivity contribution in [2.45, 2.75) is 12.5 Å². The second kappa shape index (κ2) is 8.92. The molecule has 1 aliphatic rings. The van der Waals surface area contributed by atoms with Crippen LogP contribution in [0.3, 0.4) is 0 Å². The molecule has 1 amide bonds. The van der Waals surface area contributed by atoms with Gasteiger partial charge in [-0.1, -0.05) is 30.3 Å². The van der Waals surface area contributed by atoms with Crippen molar-refractivity contribution in [3.63, 3.8) is 0 Å². The van der Waals surface area contributed by atoms with Crippen LogP contribution >= 0.6 is 0 Å². The molecule has 1 heterocycles. The Hall–Kier alpha value is -3.80. The lowest BCUT2D eigenvalue weighted by atomic mass is 9.97. The second-order valence-corrected chi connectivity index (χ2v) is 7.13. The highest BCUT2D eigenvalue weighted by molar-refractivity contribution is 6.05. The molecule has 3 aromatic carbocycles. The summed E-state index contributed by atoms with van der Waals surface area (Å²) >= 11 is 0. The first-order valence-electron chi connectivity index (χ1n) is 9.97. The molecule has 4 rings (SSSR count). The fourth-order valence-corrected chi connectivity index (χ4v) is 3.69. The fraction of sp³-hybridized carbons (Fsp3) is 0.200. The van der Waals surface area contributed by atoms with Gasteiger partial charge < -0.3 is 14.2 Å². The maximum atomic E-state index is 13.3. The van der Waals surface area contributed by atoms with Crippen molar-refractivity contribution in [1.29, 1.82) is 0 Å². The number of rotatable bonds is 6. The minimum Gasteiger partial charge on any atom is -0.497 e. The molecule has 0 N–H and O–H groups in total. The molecule has 3 aromatic rings. The second-order valence-electron chi connectivity index (χ2n) is 7.13. The maximum Gasteiger partial charge on any atom is 0.274 e. The van der Waals surface area contributed by atoms with Crippen LogP contribution in [-0.2, 0) is 0 Å². The molecule has 0 unspecified atom stereocenters. The minimum atomic E-state index is -0.221. The monoisotopic (exact) mass is 416 g/mol. The van der Waals surface area contributed by atoms with Gasteiger partial charge in [-0.25, -0.2) is 5.01 Å². The summed E-state index contributed by atoms with van der Waals surface area (Å²) in [6.45, 7) is 0. The summed E-state index contributed by atoms with van der Waals surface area (Å²) in [6.07, 6.45) is 0.584. The number of carbonyl (C=O) groups excluding carboxylic acids is 1. The summed E-state index contributed by atoms with van der Waals surface area (Å²) in [5.41, 5.74) is 3.29. The lowest BCUT2D eigenvalue weighted by molar-refractivity contribution is 0.0711. The summed E-state index contributed by atoms with van der Waals surface area (Å²) in [5.74, 6) is 1.89. The van der Waals surface area contributed by atoms with Gasteiger partial charge in [0.05, 0.1) is 33.1 Å². The SMILES string of the molecule is COc1ccc([C@@H]2CC(c3ccc(OC)c(OC)c3)=NN2C(=O)c2ccccc2)cc1. The summed E-state index contributed by atoms with van der Waals surface area (Å²) in [4.78, 5) is 13.3. The van der Waals surface area contributed by atoms with Crippen LogP contribution in [0.25, 0.3) is 0 Å². The lowest BCUT2D eigenvalue weighted by Gasteiger charge is -2.22. The quantitative estimate of drug-likeness (QED) is 0.584. The molecule has 0 saturated carbocycles. The average Bonchev–Trinajstić information content (AvgIpc) is 3.29.